The molecule has 0 fully saturated rings. The van der Waals surface area contributed by atoms with E-state index in [1.165, 1.54) is 30.1 Å². The average Bonchev–Trinajstić information content (AvgIpc) is 2.61. The van der Waals surface area contributed by atoms with Crippen LogP contribution in [-0.2, 0) is 15.7 Å². The molecule has 2 aromatic rings. The van der Waals surface area contributed by atoms with E-state index < -0.39 is 23.6 Å². The fourth-order valence-electron chi connectivity index (χ4n) is 2.39. The van der Waals surface area contributed by atoms with Gasteiger partial charge < -0.3 is 15.0 Å². The summed E-state index contributed by atoms with van der Waals surface area (Å²) in [4.78, 5) is 25.4. The number of carbonyl (C=O) groups excluding carboxylic acids is 2. The van der Waals surface area contributed by atoms with Crippen molar-refractivity contribution in [3.8, 4) is 0 Å². The maximum atomic E-state index is 12.9. The van der Waals surface area contributed by atoms with E-state index in [1.54, 1.807) is 25.1 Å². The molecule has 0 saturated heterocycles. The molecule has 0 heterocycles. The van der Waals surface area contributed by atoms with Crippen molar-refractivity contribution in [3.05, 3.63) is 59.7 Å². The first-order valence-corrected chi connectivity index (χ1v) is 8.16. The van der Waals surface area contributed by atoms with Crippen LogP contribution in [0.5, 0.6) is 0 Å². The number of amides is 1. The van der Waals surface area contributed by atoms with E-state index in [1.807, 2.05) is 0 Å². The molecule has 2 rings (SSSR count). The third kappa shape index (κ3) is 5.47. The number of carbonyl (C=O) groups is 2. The highest BCUT2D eigenvalue weighted by atomic mass is 19.4. The van der Waals surface area contributed by atoms with Gasteiger partial charge in [0.1, 0.15) is 6.54 Å². The van der Waals surface area contributed by atoms with Crippen molar-refractivity contribution in [1.82, 2.24) is 4.90 Å². The van der Waals surface area contributed by atoms with Crippen molar-refractivity contribution in [1.29, 1.82) is 0 Å². The molecule has 0 aliphatic rings. The van der Waals surface area contributed by atoms with Crippen LogP contribution in [0.4, 0.5) is 24.5 Å². The minimum atomic E-state index is -4.47. The van der Waals surface area contributed by atoms with Gasteiger partial charge in [-0.25, -0.2) is 0 Å². The first-order valence-electron chi connectivity index (χ1n) is 8.16. The van der Waals surface area contributed by atoms with E-state index in [0.29, 0.717) is 5.69 Å². The summed E-state index contributed by atoms with van der Waals surface area (Å²) in [5.74, 6) is -1.00. The highest BCUT2D eigenvalue weighted by Crippen LogP contribution is 2.32. The Hall–Kier alpha value is -3.03. The smallest absolute Gasteiger partial charge is 0.416 e. The van der Waals surface area contributed by atoms with E-state index in [9.17, 15) is 22.8 Å². The molecule has 0 aromatic heterocycles. The standard InChI is InChI=1S/C19H19F3N2O3/c1-3-27-17(25)12-24(2)18(26)15-9-4-5-10-16(15)23-14-8-6-7-13(11-14)19(20,21)22/h4-11,23H,3,12H2,1-2H3. The molecule has 0 radical (unpaired) electrons. The summed E-state index contributed by atoms with van der Waals surface area (Å²) >= 11 is 0. The van der Waals surface area contributed by atoms with Gasteiger partial charge in [-0.1, -0.05) is 18.2 Å². The van der Waals surface area contributed by atoms with Crippen LogP contribution in [0.25, 0.3) is 0 Å². The molecule has 0 unspecified atom stereocenters. The Bertz CT molecular complexity index is 822. The first-order chi connectivity index (χ1) is 12.7. The van der Waals surface area contributed by atoms with E-state index in [4.69, 9.17) is 4.74 Å². The monoisotopic (exact) mass is 380 g/mol. The van der Waals surface area contributed by atoms with Crippen LogP contribution in [0, 0.1) is 0 Å². The molecule has 0 saturated carbocycles. The van der Waals surface area contributed by atoms with Crippen LogP contribution < -0.4 is 5.32 Å². The molecule has 0 atom stereocenters. The summed E-state index contributed by atoms with van der Waals surface area (Å²) < 4.78 is 43.4. The molecule has 0 aliphatic heterocycles. The van der Waals surface area contributed by atoms with Gasteiger partial charge in [-0.15, -0.1) is 0 Å². The SMILES string of the molecule is CCOC(=O)CN(C)C(=O)c1ccccc1Nc1cccc(C(F)(F)F)c1. The number of ether oxygens (including phenoxy) is 1. The average molecular weight is 380 g/mol. The molecule has 1 amide bonds. The Kier molecular flexibility index (Phi) is 6.44. The van der Waals surface area contributed by atoms with Crippen molar-refractivity contribution in [2.45, 2.75) is 13.1 Å². The highest BCUT2D eigenvalue weighted by Gasteiger charge is 2.30. The van der Waals surface area contributed by atoms with Gasteiger partial charge in [-0.3, -0.25) is 9.59 Å². The number of nitrogens with one attached hydrogen (secondary N) is 1. The number of anilines is 2. The summed E-state index contributed by atoms with van der Waals surface area (Å²) in [5, 5.41) is 2.84. The zero-order chi connectivity index (χ0) is 20.0. The van der Waals surface area contributed by atoms with Gasteiger partial charge in [0, 0.05) is 12.7 Å². The van der Waals surface area contributed by atoms with E-state index >= 15 is 0 Å². The van der Waals surface area contributed by atoms with Gasteiger partial charge >= 0.3 is 12.1 Å². The quantitative estimate of drug-likeness (QED) is 0.767. The number of hydrogen-bond acceptors (Lipinski definition) is 4. The minimum Gasteiger partial charge on any atom is -0.465 e. The van der Waals surface area contributed by atoms with Crippen LogP contribution >= 0.6 is 0 Å². The molecule has 144 valence electrons. The van der Waals surface area contributed by atoms with Crippen molar-refractivity contribution >= 4 is 23.3 Å². The highest BCUT2D eigenvalue weighted by molar-refractivity contribution is 6.01. The summed E-state index contributed by atoms with van der Waals surface area (Å²) in [5.41, 5.74) is -0.0481. The Labute approximate surface area is 154 Å². The fraction of sp³-hybridized carbons (Fsp3) is 0.263. The first kappa shape index (κ1) is 20.3. The van der Waals surface area contributed by atoms with E-state index in [0.717, 1.165) is 12.1 Å². The molecule has 1 N–H and O–H groups in total. The van der Waals surface area contributed by atoms with Gasteiger partial charge in [-0.2, -0.15) is 13.2 Å². The largest absolute Gasteiger partial charge is 0.465 e. The van der Waals surface area contributed by atoms with Gasteiger partial charge in [0.05, 0.1) is 23.4 Å². The predicted molar refractivity (Wildman–Crippen MR) is 94.8 cm³/mol. The maximum Gasteiger partial charge on any atom is 0.416 e. The molecular formula is C19H19F3N2O3. The van der Waals surface area contributed by atoms with Gasteiger partial charge in [0.25, 0.3) is 5.91 Å². The normalized spacial score (nSPS) is 11.0. The number of benzene rings is 2. The lowest BCUT2D eigenvalue weighted by atomic mass is 10.1. The number of rotatable bonds is 6. The van der Waals surface area contributed by atoms with E-state index in [-0.39, 0.29) is 24.4 Å². The Morgan fingerprint density at radius 1 is 1.11 bits per heavy atom. The van der Waals surface area contributed by atoms with Crippen molar-refractivity contribution in [3.63, 3.8) is 0 Å². The maximum absolute atomic E-state index is 12.9. The third-order valence-corrected chi connectivity index (χ3v) is 3.64. The number of halogens is 3. The Balaban J connectivity index is 2.23. The second-order valence-corrected chi connectivity index (χ2v) is 5.72. The number of esters is 1. The minimum absolute atomic E-state index is 0.193. The number of para-hydroxylation sites is 1. The predicted octanol–water partition coefficient (Wildman–Crippen LogP) is 4.08. The van der Waals surface area contributed by atoms with E-state index in [2.05, 4.69) is 5.32 Å². The molecule has 2 aromatic carbocycles. The topological polar surface area (TPSA) is 58.6 Å². The van der Waals surface area contributed by atoms with Crippen LogP contribution in [-0.4, -0.2) is 37.0 Å². The van der Waals surface area contributed by atoms with Crippen LogP contribution in [0.15, 0.2) is 48.5 Å². The fourth-order valence-corrected chi connectivity index (χ4v) is 2.39. The number of nitrogens with zero attached hydrogens (tertiary/aromatic N) is 1. The summed E-state index contributed by atoms with van der Waals surface area (Å²) in [6.07, 6.45) is -4.47. The molecule has 5 nitrogen and oxygen atoms in total. The summed E-state index contributed by atoms with van der Waals surface area (Å²) in [6.45, 7) is 1.63. The number of likely N-dealkylation sites (N-methyl/N-ethyl adjacent to an activating group) is 1. The van der Waals surface area contributed by atoms with Crippen molar-refractivity contribution < 1.29 is 27.5 Å². The van der Waals surface area contributed by atoms with Crippen molar-refractivity contribution in [2.24, 2.45) is 0 Å². The third-order valence-electron chi connectivity index (χ3n) is 3.64. The molecule has 0 bridgehead atoms. The van der Waals surface area contributed by atoms with Crippen molar-refractivity contribution in [2.75, 3.05) is 25.5 Å². The molecule has 0 spiro atoms. The van der Waals surface area contributed by atoms with Crippen LogP contribution in [0.2, 0.25) is 0 Å². The van der Waals surface area contributed by atoms with Gasteiger partial charge in [0.2, 0.25) is 0 Å². The number of hydrogen-bond donors (Lipinski definition) is 1. The summed E-state index contributed by atoms with van der Waals surface area (Å²) in [7, 11) is 1.44. The lowest BCUT2D eigenvalue weighted by molar-refractivity contribution is -0.143. The van der Waals surface area contributed by atoms with Crippen LogP contribution in [0.3, 0.4) is 0 Å². The zero-order valence-corrected chi connectivity index (χ0v) is 14.8. The molecule has 8 heteroatoms. The Morgan fingerprint density at radius 2 is 1.81 bits per heavy atom. The molecule has 0 aliphatic carbocycles. The van der Waals surface area contributed by atoms with Gasteiger partial charge in [0.15, 0.2) is 0 Å². The number of alkyl halides is 3. The van der Waals surface area contributed by atoms with Gasteiger partial charge in [-0.05, 0) is 37.3 Å². The lowest BCUT2D eigenvalue weighted by Gasteiger charge is -2.19. The second-order valence-electron chi connectivity index (χ2n) is 5.72. The molecule has 27 heavy (non-hydrogen) atoms. The zero-order valence-electron chi connectivity index (χ0n) is 14.8. The summed E-state index contributed by atoms with van der Waals surface area (Å²) in [6, 6.07) is 11.1. The van der Waals surface area contributed by atoms with Crippen LogP contribution in [0.1, 0.15) is 22.8 Å². The lowest BCUT2D eigenvalue weighted by Crippen LogP contribution is -2.33. The molecular weight excluding hydrogens is 361 g/mol. The Morgan fingerprint density at radius 3 is 2.48 bits per heavy atom. The second kappa shape index (κ2) is 8.57.